The topological polar surface area (TPSA) is 70.5 Å². The lowest BCUT2D eigenvalue weighted by atomic mass is 9.88. The zero-order valence-corrected chi connectivity index (χ0v) is 11.2. The van der Waals surface area contributed by atoms with E-state index in [0.29, 0.717) is 49.8 Å². The Kier molecular flexibility index (Phi) is 4.61. The maximum atomic E-state index is 14.0. The second-order valence-corrected chi connectivity index (χ2v) is 5.00. The van der Waals surface area contributed by atoms with Crippen LogP contribution in [0.15, 0.2) is 12.1 Å². The van der Waals surface area contributed by atoms with E-state index in [0.717, 1.165) is 0 Å². The minimum Gasteiger partial charge on any atom is -0.486 e. The van der Waals surface area contributed by atoms with Crippen LogP contribution in [0, 0.1) is 17.7 Å². The third-order valence-corrected chi connectivity index (χ3v) is 3.66. The van der Waals surface area contributed by atoms with Gasteiger partial charge in [0.25, 0.3) is 0 Å². The van der Waals surface area contributed by atoms with Gasteiger partial charge in [0.15, 0.2) is 11.5 Å². The second kappa shape index (κ2) is 6.21. The van der Waals surface area contributed by atoms with Gasteiger partial charge in [0.2, 0.25) is 0 Å². The van der Waals surface area contributed by atoms with Gasteiger partial charge in [-0.1, -0.05) is 6.92 Å². The zero-order valence-electron chi connectivity index (χ0n) is 11.2. The largest absolute Gasteiger partial charge is 0.486 e. The first-order valence-corrected chi connectivity index (χ1v) is 6.63. The van der Waals surface area contributed by atoms with Crippen molar-refractivity contribution in [1.82, 2.24) is 0 Å². The number of nitrogens with two attached hydrogens (primary N) is 2. The minimum absolute atomic E-state index is 0.201. The van der Waals surface area contributed by atoms with Crippen molar-refractivity contribution in [3.05, 3.63) is 23.5 Å². The molecule has 4 N–H and O–H groups in total. The van der Waals surface area contributed by atoms with E-state index in [4.69, 9.17) is 20.9 Å². The summed E-state index contributed by atoms with van der Waals surface area (Å²) in [5.41, 5.74) is 12.0. The highest BCUT2D eigenvalue weighted by Gasteiger charge is 2.20. The molecule has 0 aliphatic carbocycles. The van der Waals surface area contributed by atoms with Crippen molar-refractivity contribution >= 4 is 0 Å². The summed E-state index contributed by atoms with van der Waals surface area (Å²) in [4.78, 5) is 0. The molecule has 0 spiro atoms. The molecule has 0 amide bonds. The van der Waals surface area contributed by atoms with Crippen LogP contribution in [0.2, 0.25) is 0 Å². The van der Waals surface area contributed by atoms with Crippen molar-refractivity contribution in [2.24, 2.45) is 23.3 Å². The highest BCUT2D eigenvalue weighted by atomic mass is 19.1. The standard InChI is InChI=1S/C14H21FN2O2/c1-9(11(7-16)8-17)4-10-5-13-14(6-12(10)15)19-3-2-18-13/h5-6,9,11H,2-4,7-8,16-17H2,1H3. The lowest BCUT2D eigenvalue weighted by Crippen LogP contribution is -2.30. The minimum atomic E-state index is -0.260. The van der Waals surface area contributed by atoms with Crippen molar-refractivity contribution in [1.29, 1.82) is 0 Å². The Morgan fingerprint density at radius 3 is 2.32 bits per heavy atom. The van der Waals surface area contributed by atoms with Crippen molar-refractivity contribution in [3.63, 3.8) is 0 Å². The molecule has 1 aromatic rings. The van der Waals surface area contributed by atoms with Crippen LogP contribution in [-0.4, -0.2) is 26.3 Å². The van der Waals surface area contributed by atoms with E-state index < -0.39 is 0 Å². The molecule has 0 saturated carbocycles. The molecule has 2 rings (SSSR count). The molecule has 0 aromatic heterocycles. The van der Waals surface area contributed by atoms with E-state index >= 15 is 0 Å². The summed E-state index contributed by atoms with van der Waals surface area (Å²) in [6.45, 7) is 4.04. The normalized spacial score (nSPS) is 15.6. The lowest BCUT2D eigenvalue weighted by Gasteiger charge is -2.23. The first-order chi connectivity index (χ1) is 9.15. The van der Waals surface area contributed by atoms with E-state index in [1.165, 1.54) is 6.07 Å². The molecule has 1 unspecified atom stereocenters. The van der Waals surface area contributed by atoms with Gasteiger partial charge >= 0.3 is 0 Å². The predicted molar refractivity (Wildman–Crippen MR) is 71.9 cm³/mol. The van der Waals surface area contributed by atoms with Crippen molar-refractivity contribution in [3.8, 4) is 11.5 Å². The van der Waals surface area contributed by atoms with Crippen molar-refractivity contribution in [2.45, 2.75) is 13.3 Å². The SMILES string of the molecule is CC(Cc1cc2c(cc1F)OCCO2)C(CN)CN. The maximum absolute atomic E-state index is 14.0. The molecule has 1 atom stereocenters. The van der Waals surface area contributed by atoms with Crippen molar-refractivity contribution < 1.29 is 13.9 Å². The smallest absolute Gasteiger partial charge is 0.164 e. The van der Waals surface area contributed by atoms with Crippen LogP contribution in [0.25, 0.3) is 0 Å². The Balaban J connectivity index is 2.16. The van der Waals surface area contributed by atoms with Crippen LogP contribution in [0.4, 0.5) is 4.39 Å². The van der Waals surface area contributed by atoms with Gasteiger partial charge in [-0.05, 0) is 43.0 Å². The van der Waals surface area contributed by atoms with Gasteiger partial charge in [-0.25, -0.2) is 4.39 Å². The quantitative estimate of drug-likeness (QED) is 0.844. The Morgan fingerprint density at radius 2 is 1.74 bits per heavy atom. The molecule has 0 bridgehead atoms. The van der Waals surface area contributed by atoms with Crippen LogP contribution in [0.3, 0.4) is 0 Å². The van der Waals surface area contributed by atoms with E-state index in [9.17, 15) is 4.39 Å². The van der Waals surface area contributed by atoms with Crippen LogP contribution in [0.5, 0.6) is 11.5 Å². The van der Waals surface area contributed by atoms with Gasteiger partial charge < -0.3 is 20.9 Å². The Labute approximate surface area is 112 Å². The van der Waals surface area contributed by atoms with Gasteiger partial charge in [0.1, 0.15) is 19.0 Å². The number of hydrogen-bond acceptors (Lipinski definition) is 4. The molecular weight excluding hydrogens is 247 g/mol. The molecular formula is C14H21FN2O2. The van der Waals surface area contributed by atoms with Gasteiger partial charge in [0, 0.05) is 6.07 Å². The van der Waals surface area contributed by atoms with Gasteiger partial charge in [-0.2, -0.15) is 0 Å². The number of benzene rings is 1. The molecule has 0 radical (unpaired) electrons. The fourth-order valence-electron chi connectivity index (χ4n) is 2.34. The Hall–Kier alpha value is -1.33. The molecule has 1 heterocycles. The Morgan fingerprint density at radius 1 is 1.16 bits per heavy atom. The first kappa shape index (κ1) is 14.1. The summed E-state index contributed by atoms with van der Waals surface area (Å²) < 4.78 is 24.8. The Bertz CT molecular complexity index is 436. The molecule has 0 fully saturated rings. The van der Waals surface area contributed by atoms with Gasteiger partial charge in [0.05, 0.1) is 0 Å². The number of rotatable bonds is 5. The fraction of sp³-hybridized carbons (Fsp3) is 0.571. The molecule has 106 valence electrons. The summed E-state index contributed by atoms with van der Waals surface area (Å²) in [5, 5.41) is 0. The first-order valence-electron chi connectivity index (χ1n) is 6.63. The summed E-state index contributed by atoms with van der Waals surface area (Å²) in [5.74, 6) is 1.27. The number of halogens is 1. The lowest BCUT2D eigenvalue weighted by molar-refractivity contribution is 0.170. The number of hydrogen-bond donors (Lipinski definition) is 2. The molecule has 19 heavy (non-hydrogen) atoms. The van der Waals surface area contributed by atoms with E-state index in [1.54, 1.807) is 6.07 Å². The third-order valence-electron chi connectivity index (χ3n) is 3.66. The summed E-state index contributed by atoms with van der Waals surface area (Å²) in [6.07, 6.45) is 0.599. The predicted octanol–water partition coefficient (Wildman–Crippen LogP) is 1.31. The monoisotopic (exact) mass is 268 g/mol. The van der Waals surface area contributed by atoms with Crippen LogP contribution < -0.4 is 20.9 Å². The average Bonchev–Trinajstić information content (AvgIpc) is 2.41. The van der Waals surface area contributed by atoms with E-state index in [2.05, 4.69) is 0 Å². The van der Waals surface area contributed by atoms with Gasteiger partial charge in [-0.15, -0.1) is 0 Å². The molecule has 1 aromatic carbocycles. The summed E-state index contributed by atoms with van der Waals surface area (Å²) in [7, 11) is 0. The molecule has 1 aliphatic rings. The van der Waals surface area contributed by atoms with Gasteiger partial charge in [-0.3, -0.25) is 0 Å². The zero-order chi connectivity index (χ0) is 13.8. The molecule has 0 saturated heterocycles. The van der Waals surface area contributed by atoms with Crippen LogP contribution >= 0.6 is 0 Å². The van der Waals surface area contributed by atoms with E-state index in [-0.39, 0.29) is 17.7 Å². The molecule has 4 nitrogen and oxygen atoms in total. The fourth-order valence-corrected chi connectivity index (χ4v) is 2.34. The highest BCUT2D eigenvalue weighted by Crippen LogP contribution is 2.33. The summed E-state index contributed by atoms with van der Waals surface area (Å²) >= 11 is 0. The number of fused-ring (bicyclic) bond motifs is 1. The third kappa shape index (κ3) is 3.16. The van der Waals surface area contributed by atoms with Crippen LogP contribution in [-0.2, 0) is 6.42 Å². The van der Waals surface area contributed by atoms with Crippen LogP contribution in [0.1, 0.15) is 12.5 Å². The molecule has 1 aliphatic heterocycles. The average molecular weight is 268 g/mol. The highest BCUT2D eigenvalue weighted by molar-refractivity contribution is 5.44. The second-order valence-electron chi connectivity index (χ2n) is 5.00. The maximum Gasteiger partial charge on any atom is 0.164 e. The summed E-state index contributed by atoms with van der Waals surface area (Å²) in [6, 6.07) is 3.13. The van der Waals surface area contributed by atoms with Crippen molar-refractivity contribution in [2.75, 3.05) is 26.3 Å². The molecule has 5 heteroatoms. The van der Waals surface area contributed by atoms with E-state index in [1.807, 2.05) is 6.92 Å². The number of ether oxygens (including phenoxy) is 2.